The Balaban J connectivity index is 1.30. The Labute approximate surface area is 134 Å². The fraction of sp³-hybridized carbons (Fsp3) is 0.556. The average molecular weight is 312 g/mol. The molecule has 5 heteroatoms. The number of nitrogens with zero attached hydrogens (tertiary/aromatic N) is 1. The van der Waals surface area contributed by atoms with E-state index in [4.69, 9.17) is 9.26 Å². The van der Waals surface area contributed by atoms with Gasteiger partial charge in [0.2, 0.25) is 0 Å². The van der Waals surface area contributed by atoms with E-state index >= 15 is 0 Å². The highest BCUT2D eigenvalue weighted by Gasteiger charge is 2.49. The number of aromatic nitrogens is 1. The van der Waals surface area contributed by atoms with Gasteiger partial charge in [0, 0.05) is 0 Å². The molecule has 1 aromatic heterocycles. The molecule has 4 aliphatic rings. The minimum Gasteiger partial charge on any atom is -0.445 e. The highest BCUT2D eigenvalue weighted by atomic mass is 16.6. The number of carbonyl (C=O) groups excluding carboxylic acids is 1. The van der Waals surface area contributed by atoms with Crippen LogP contribution in [0.1, 0.15) is 32.1 Å². The van der Waals surface area contributed by atoms with Crippen molar-refractivity contribution >= 4 is 22.9 Å². The zero-order chi connectivity index (χ0) is 15.4. The van der Waals surface area contributed by atoms with Crippen LogP contribution >= 0.6 is 0 Å². The Hall–Kier alpha value is -2.04. The molecule has 1 heterocycles. The Kier molecular flexibility index (Phi) is 2.90. The molecule has 6 rings (SSSR count). The Morgan fingerprint density at radius 1 is 1.09 bits per heavy atom. The molecule has 0 unspecified atom stereocenters. The van der Waals surface area contributed by atoms with Gasteiger partial charge in [-0.2, -0.15) is 0 Å². The minimum atomic E-state index is -0.401. The molecule has 0 aliphatic heterocycles. The third-order valence-electron chi connectivity index (χ3n) is 5.98. The molecule has 1 N–H and O–H groups in total. The quantitative estimate of drug-likeness (QED) is 0.902. The number of ether oxygens (including phenoxy) is 1. The second-order valence-corrected chi connectivity index (χ2v) is 7.45. The molecule has 0 saturated heterocycles. The van der Waals surface area contributed by atoms with Crippen LogP contribution in [0.2, 0.25) is 0 Å². The van der Waals surface area contributed by atoms with Gasteiger partial charge in [-0.3, -0.25) is 5.32 Å². The lowest BCUT2D eigenvalue weighted by molar-refractivity contribution is -0.0934. The Bertz CT molecular complexity index is 726. The third-order valence-corrected chi connectivity index (χ3v) is 5.98. The molecule has 120 valence electrons. The zero-order valence-corrected chi connectivity index (χ0v) is 12.9. The molecule has 0 spiro atoms. The van der Waals surface area contributed by atoms with Crippen molar-refractivity contribution in [2.45, 2.75) is 38.2 Å². The topological polar surface area (TPSA) is 64.4 Å². The van der Waals surface area contributed by atoms with E-state index in [1.807, 2.05) is 24.3 Å². The van der Waals surface area contributed by atoms with Gasteiger partial charge < -0.3 is 9.26 Å². The summed E-state index contributed by atoms with van der Waals surface area (Å²) < 4.78 is 11.0. The first-order chi connectivity index (χ1) is 11.3. The first-order valence-electron chi connectivity index (χ1n) is 8.58. The number of hydrogen-bond acceptors (Lipinski definition) is 4. The fourth-order valence-corrected chi connectivity index (χ4v) is 5.29. The highest BCUT2D eigenvalue weighted by molar-refractivity contribution is 5.96. The van der Waals surface area contributed by atoms with E-state index in [0.717, 1.165) is 17.2 Å². The van der Waals surface area contributed by atoms with Gasteiger partial charge in [-0.1, -0.05) is 17.3 Å². The lowest BCUT2D eigenvalue weighted by Gasteiger charge is -2.53. The van der Waals surface area contributed by atoms with Crippen molar-refractivity contribution < 1.29 is 14.1 Å². The van der Waals surface area contributed by atoms with Crippen molar-refractivity contribution in [3.63, 3.8) is 0 Å². The van der Waals surface area contributed by atoms with Crippen molar-refractivity contribution in [3.05, 3.63) is 24.3 Å². The summed E-state index contributed by atoms with van der Waals surface area (Å²) in [6.45, 7) is 0. The lowest BCUT2D eigenvalue weighted by atomic mass is 9.55. The summed E-state index contributed by atoms with van der Waals surface area (Å²) >= 11 is 0. The van der Waals surface area contributed by atoms with Gasteiger partial charge in [0.15, 0.2) is 11.4 Å². The molecule has 0 atom stereocenters. The van der Waals surface area contributed by atoms with Crippen molar-refractivity contribution in [1.29, 1.82) is 0 Å². The minimum absolute atomic E-state index is 0.0842. The first-order valence-corrected chi connectivity index (χ1v) is 8.58. The molecule has 0 radical (unpaired) electrons. The van der Waals surface area contributed by atoms with E-state index in [9.17, 15) is 4.79 Å². The molecule has 23 heavy (non-hydrogen) atoms. The van der Waals surface area contributed by atoms with E-state index in [1.54, 1.807) is 0 Å². The van der Waals surface area contributed by atoms with E-state index in [1.165, 1.54) is 32.1 Å². The molecule has 4 fully saturated rings. The normalized spacial score (nSPS) is 34.7. The second kappa shape index (κ2) is 4.98. The SMILES string of the molecule is O=C(Nc1noc2ccccc12)OC1C2CC3CC(C2)CC1C3. The van der Waals surface area contributed by atoms with Gasteiger partial charge in [0.25, 0.3) is 0 Å². The number of amides is 1. The number of benzene rings is 1. The van der Waals surface area contributed by atoms with Gasteiger partial charge >= 0.3 is 6.09 Å². The number of fused-ring (bicyclic) bond motifs is 1. The predicted molar refractivity (Wildman–Crippen MR) is 84.9 cm³/mol. The summed E-state index contributed by atoms with van der Waals surface area (Å²) in [6.07, 6.45) is 6.02. The number of rotatable bonds is 2. The van der Waals surface area contributed by atoms with Crippen molar-refractivity contribution in [3.8, 4) is 0 Å². The molecule has 4 aliphatic carbocycles. The fourth-order valence-electron chi connectivity index (χ4n) is 5.29. The average Bonchev–Trinajstić information content (AvgIpc) is 2.93. The maximum atomic E-state index is 12.3. The van der Waals surface area contributed by atoms with Crippen molar-refractivity contribution in [2.24, 2.45) is 23.7 Å². The second-order valence-electron chi connectivity index (χ2n) is 7.45. The summed E-state index contributed by atoms with van der Waals surface area (Å²) in [5.74, 6) is 3.31. The molecular weight excluding hydrogens is 292 g/mol. The van der Waals surface area contributed by atoms with E-state index in [0.29, 0.717) is 23.2 Å². The maximum Gasteiger partial charge on any atom is 0.413 e. The van der Waals surface area contributed by atoms with Crippen LogP contribution in [0.15, 0.2) is 28.8 Å². The van der Waals surface area contributed by atoms with E-state index in [2.05, 4.69) is 10.5 Å². The van der Waals surface area contributed by atoms with Crippen LogP contribution in [-0.2, 0) is 4.74 Å². The number of carbonyl (C=O) groups is 1. The molecule has 5 nitrogen and oxygen atoms in total. The smallest absolute Gasteiger partial charge is 0.413 e. The standard InChI is InChI=1S/C18H20N2O3/c21-18(19-17-14-3-1-2-4-15(14)23-20-17)22-16-12-6-10-5-11(8-12)9-13(16)7-10/h1-4,10-13,16H,5-9H2,(H,19,20,21). The van der Waals surface area contributed by atoms with Crippen LogP contribution in [0.25, 0.3) is 11.0 Å². The van der Waals surface area contributed by atoms with Crippen LogP contribution in [0.3, 0.4) is 0 Å². The summed E-state index contributed by atoms with van der Waals surface area (Å²) in [7, 11) is 0. The number of hydrogen-bond donors (Lipinski definition) is 1. The monoisotopic (exact) mass is 312 g/mol. The molecule has 2 aromatic rings. The van der Waals surface area contributed by atoms with Crippen LogP contribution < -0.4 is 5.32 Å². The largest absolute Gasteiger partial charge is 0.445 e. The van der Waals surface area contributed by atoms with Gasteiger partial charge in [-0.25, -0.2) is 4.79 Å². The van der Waals surface area contributed by atoms with Crippen LogP contribution in [-0.4, -0.2) is 17.4 Å². The van der Waals surface area contributed by atoms with Gasteiger partial charge in [-0.05, 0) is 67.9 Å². The summed E-state index contributed by atoms with van der Waals surface area (Å²) in [5, 5.41) is 7.49. The van der Waals surface area contributed by atoms with Crippen molar-refractivity contribution in [1.82, 2.24) is 5.16 Å². The van der Waals surface area contributed by atoms with Gasteiger partial charge in [-0.15, -0.1) is 0 Å². The first kappa shape index (κ1) is 13.4. The highest BCUT2D eigenvalue weighted by Crippen LogP contribution is 2.54. The lowest BCUT2D eigenvalue weighted by Crippen LogP contribution is -2.50. The maximum absolute atomic E-state index is 12.3. The number of nitrogens with one attached hydrogen (secondary N) is 1. The van der Waals surface area contributed by atoms with E-state index in [-0.39, 0.29) is 6.10 Å². The van der Waals surface area contributed by atoms with Crippen molar-refractivity contribution in [2.75, 3.05) is 5.32 Å². The molecule has 4 bridgehead atoms. The molecule has 1 aromatic carbocycles. The van der Waals surface area contributed by atoms with Crippen LogP contribution in [0.4, 0.5) is 10.6 Å². The Morgan fingerprint density at radius 3 is 2.52 bits per heavy atom. The predicted octanol–water partition coefficient (Wildman–Crippen LogP) is 4.20. The van der Waals surface area contributed by atoms with Gasteiger partial charge in [0.05, 0.1) is 5.39 Å². The summed E-state index contributed by atoms with van der Waals surface area (Å²) in [6, 6.07) is 7.49. The Morgan fingerprint density at radius 2 is 1.78 bits per heavy atom. The molecular formula is C18H20N2O3. The molecule has 1 amide bonds. The zero-order valence-electron chi connectivity index (χ0n) is 12.9. The van der Waals surface area contributed by atoms with E-state index < -0.39 is 6.09 Å². The molecule has 4 saturated carbocycles. The number of para-hydroxylation sites is 1. The van der Waals surface area contributed by atoms with Crippen LogP contribution in [0, 0.1) is 23.7 Å². The number of anilines is 1. The third kappa shape index (κ3) is 2.21. The van der Waals surface area contributed by atoms with Gasteiger partial charge in [0.1, 0.15) is 6.10 Å². The van der Waals surface area contributed by atoms with Crippen LogP contribution in [0.5, 0.6) is 0 Å². The summed E-state index contributed by atoms with van der Waals surface area (Å²) in [5.41, 5.74) is 0.664. The summed E-state index contributed by atoms with van der Waals surface area (Å²) in [4.78, 5) is 12.3.